The molecule has 113 heavy (non-hydrogen) atoms. The first kappa shape index (κ1) is 103. The fourth-order valence-electron chi connectivity index (χ4n) is 14.4. The number of hydrogen-bond donors (Lipinski definition) is 12. The van der Waals surface area contributed by atoms with Crippen molar-refractivity contribution in [2.75, 3.05) is 26.4 Å². The molecule has 0 aromatic rings. The largest absolute Gasteiger partial charge is 0.394 e. The number of amides is 1. The van der Waals surface area contributed by atoms with E-state index >= 15 is 0 Å². The molecule has 0 saturated carbocycles. The SMILES string of the molecule is CC/C=C\C/C=C\C/C=C\C/C=C\C/C=C\C/C=C\C/C=C\C/C=C\C/C=C\C/C=C\C/C=C\CCCCCC(=O)NC(COC1OC(CO)C(OC2OC(CO)C(OC3OC(CO)C(O)C(O)C3O)C(O)C2O)C(O)C1O)C(O)CCCCCCCCCCCCCCCCCCCCCCCCCCCCCCCCC. The van der Waals surface area contributed by atoms with E-state index in [1.165, 1.54) is 173 Å². The Labute approximate surface area is 683 Å². The van der Waals surface area contributed by atoms with E-state index in [-0.39, 0.29) is 18.9 Å². The number of allylic oxidation sites excluding steroid dienone is 22. The van der Waals surface area contributed by atoms with Gasteiger partial charge in [-0.2, -0.15) is 0 Å². The minimum Gasteiger partial charge on any atom is -0.394 e. The second-order valence-corrected chi connectivity index (χ2v) is 31.3. The molecule has 3 heterocycles. The van der Waals surface area contributed by atoms with Gasteiger partial charge in [-0.15, -0.1) is 0 Å². The van der Waals surface area contributed by atoms with E-state index in [0.29, 0.717) is 19.3 Å². The van der Waals surface area contributed by atoms with Crippen molar-refractivity contribution in [1.29, 1.82) is 0 Å². The maximum Gasteiger partial charge on any atom is 0.220 e. The molecular formula is C94H161NO18. The van der Waals surface area contributed by atoms with Crippen LogP contribution in [-0.2, 0) is 33.2 Å². The molecule has 3 saturated heterocycles. The van der Waals surface area contributed by atoms with Gasteiger partial charge < -0.3 is 89.9 Å². The lowest BCUT2D eigenvalue weighted by Crippen LogP contribution is -2.66. The Balaban J connectivity index is 1.35. The van der Waals surface area contributed by atoms with E-state index in [1.54, 1.807) is 0 Å². The van der Waals surface area contributed by atoms with Gasteiger partial charge in [0.2, 0.25) is 5.91 Å². The van der Waals surface area contributed by atoms with E-state index in [4.69, 9.17) is 28.4 Å². The molecule has 3 fully saturated rings. The number of rotatable bonds is 71. The molecule has 19 nitrogen and oxygen atoms in total. The standard InChI is InChI=1S/C94H161NO18/c1-3-5-7-9-11-13-15-17-19-21-23-25-27-29-31-33-35-36-37-38-39-40-42-44-46-48-50-52-54-56-58-60-62-64-66-68-70-72-82(100)95-77(78(99)71-69-67-65-63-61-59-57-55-53-51-49-47-45-43-41-34-32-30-28-26-24-22-20-18-16-14-12-10-8-6-4-2)76-108-92-88(106)85(103)90(80(74-97)110-92)113-94-89(107)86(104)91(81(75-98)111-94)112-93-87(105)84(102)83(101)79(73-96)109-93/h5,7,11,13,17,19,23,25,29,31,35-36,38-39,42,44,48,50,54,56,60,62,77-81,83-94,96-99,101-107H,3-4,6,8-10,12,14-16,18,20-22,24,26-28,30,32-34,37,40-41,43,45-47,49,51-53,55,57-59,61,63-76H2,1-2H3,(H,95,100)/b7-5-,13-11-,19-17-,25-23-,31-29-,36-35-,39-38-,44-42-,50-48-,56-54-,62-60-. The zero-order valence-electron chi connectivity index (χ0n) is 70.1. The topological polar surface area (TPSA) is 307 Å². The van der Waals surface area contributed by atoms with E-state index in [1.807, 2.05) is 0 Å². The maximum absolute atomic E-state index is 13.5. The van der Waals surface area contributed by atoms with Crippen molar-refractivity contribution in [3.8, 4) is 0 Å². The molecular weight excluding hydrogens is 1430 g/mol. The Bertz CT molecular complexity index is 2560. The third kappa shape index (κ3) is 50.5. The lowest BCUT2D eigenvalue weighted by Gasteiger charge is -2.48. The van der Waals surface area contributed by atoms with E-state index in [2.05, 4.69) is 153 Å². The first-order valence-corrected chi connectivity index (χ1v) is 44.9. The predicted molar refractivity (Wildman–Crippen MR) is 456 cm³/mol. The second kappa shape index (κ2) is 72.0. The molecule has 12 N–H and O–H groups in total. The zero-order chi connectivity index (χ0) is 81.7. The minimum atomic E-state index is -1.98. The van der Waals surface area contributed by atoms with Crippen molar-refractivity contribution >= 4 is 5.91 Å². The highest BCUT2D eigenvalue weighted by molar-refractivity contribution is 5.76. The lowest BCUT2D eigenvalue weighted by atomic mass is 9.96. The molecule has 650 valence electrons. The lowest BCUT2D eigenvalue weighted by molar-refractivity contribution is -0.379. The van der Waals surface area contributed by atoms with Gasteiger partial charge in [0, 0.05) is 6.42 Å². The van der Waals surface area contributed by atoms with Crippen LogP contribution in [0, 0.1) is 0 Å². The van der Waals surface area contributed by atoms with Gasteiger partial charge >= 0.3 is 0 Å². The molecule has 0 bridgehead atoms. The van der Waals surface area contributed by atoms with Gasteiger partial charge in [0.25, 0.3) is 0 Å². The normalized spacial score (nSPS) is 25.5. The summed E-state index contributed by atoms with van der Waals surface area (Å²) in [5.74, 6) is -0.276. The van der Waals surface area contributed by atoms with Crippen LogP contribution in [0.3, 0.4) is 0 Å². The van der Waals surface area contributed by atoms with Crippen LogP contribution < -0.4 is 5.32 Å². The Kier molecular flexibility index (Phi) is 65.7. The van der Waals surface area contributed by atoms with E-state index < -0.39 is 124 Å². The van der Waals surface area contributed by atoms with Gasteiger partial charge in [0.1, 0.15) is 73.2 Å². The summed E-state index contributed by atoms with van der Waals surface area (Å²) in [4.78, 5) is 13.5. The molecule has 0 spiro atoms. The molecule has 0 aliphatic carbocycles. The molecule has 3 rings (SSSR count). The predicted octanol–water partition coefficient (Wildman–Crippen LogP) is 17.2. The van der Waals surface area contributed by atoms with Crippen LogP contribution in [0.2, 0.25) is 0 Å². The van der Waals surface area contributed by atoms with Crippen molar-refractivity contribution in [2.45, 2.75) is 426 Å². The Morgan fingerprint density at radius 2 is 0.611 bits per heavy atom. The monoisotopic (exact) mass is 1590 g/mol. The van der Waals surface area contributed by atoms with Crippen molar-refractivity contribution in [2.24, 2.45) is 0 Å². The summed E-state index contributed by atoms with van der Waals surface area (Å²) in [6, 6.07) is -0.918. The first-order chi connectivity index (χ1) is 55.3. The maximum atomic E-state index is 13.5. The summed E-state index contributed by atoms with van der Waals surface area (Å²) in [5.41, 5.74) is 0. The molecule has 3 aliphatic heterocycles. The second-order valence-electron chi connectivity index (χ2n) is 31.3. The molecule has 17 unspecified atom stereocenters. The van der Waals surface area contributed by atoms with Gasteiger partial charge in [0.05, 0.1) is 38.6 Å². The molecule has 0 aromatic carbocycles. The van der Waals surface area contributed by atoms with Crippen LogP contribution in [-0.4, -0.2) is 193 Å². The van der Waals surface area contributed by atoms with Gasteiger partial charge in [-0.1, -0.05) is 353 Å². The molecule has 17 atom stereocenters. The van der Waals surface area contributed by atoms with Crippen LogP contribution in [0.4, 0.5) is 0 Å². The quantitative estimate of drug-likeness (QED) is 0.0199. The molecule has 19 heteroatoms. The number of ether oxygens (including phenoxy) is 6. The zero-order valence-corrected chi connectivity index (χ0v) is 70.1. The Morgan fingerprint density at radius 1 is 0.327 bits per heavy atom. The van der Waals surface area contributed by atoms with Gasteiger partial charge in [-0.25, -0.2) is 0 Å². The average molecular weight is 1590 g/mol. The van der Waals surface area contributed by atoms with Crippen molar-refractivity contribution in [3.05, 3.63) is 134 Å². The summed E-state index contributed by atoms with van der Waals surface area (Å²) < 4.78 is 34.6. The van der Waals surface area contributed by atoms with E-state index in [0.717, 1.165) is 109 Å². The number of unbranched alkanes of at least 4 members (excludes halogenated alkanes) is 33. The summed E-state index contributed by atoms with van der Waals surface area (Å²) in [7, 11) is 0. The van der Waals surface area contributed by atoms with Gasteiger partial charge in [-0.3, -0.25) is 4.79 Å². The molecule has 0 aromatic heterocycles. The van der Waals surface area contributed by atoms with Crippen molar-refractivity contribution in [3.63, 3.8) is 0 Å². The number of aliphatic hydroxyl groups excluding tert-OH is 11. The molecule has 1 amide bonds. The first-order valence-electron chi connectivity index (χ1n) is 44.9. The smallest absolute Gasteiger partial charge is 0.220 e. The Hall–Kier alpha value is -4.07. The molecule has 0 radical (unpaired) electrons. The van der Waals surface area contributed by atoms with Crippen LogP contribution in [0.25, 0.3) is 0 Å². The fourth-order valence-corrected chi connectivity index (χ4v) is 14.4. The summed E-state index contributed by atoms with van der Waals surface area (Å²) in [5, 5.41) is 121. The highest BCUT2D eigenvalue weighted by Gasteiger charge is 2.54. The Morgan fingerprint density at radius 3 is 0.947 bits per heavy atom. The number of aliphatic hydroxyl groups is 11. The highest BCUT2D eigenvalue weighted by atomic mass is 16.8. The number of hydrogen-bond acceptors (Lipinski definition) is 18. The summed E-state index contributed by atoms with van der Waals surface area (Å²) in [6.45, 7) is 1.69. The van der Waals surface area contributed by atoms with Crippen LogP contribution >= 0.6 is 0 Å². The molecule has 3 aliphatic rings. The average Bonchev–Trinajstić information content (AvgIpc) is 0.779. The summed E-state index contributed by atoms with van der Waals surface area (Å²) >= 11 is 0. The van der Waals surface area contributed by atoms with Crippen molar-refractivity contribution < 1.29 is 89.4 Å². The third-order valence-electron chi connectivity index (χ3n) is 21.5. The fraction of sp³-hybridized carbons (Fsp3) is 0.755. The highest BCUT2D eigenvalue weighted by Crippen LogP contribution is 2.33. The number of nitrogens with one attached hydrogen (secondary N) is 1. The van der Waals surface area contributed by atoms with Crippen LogP contribution in [0.15, 0.2) is 134 Å². The van der Waals surface area contributed by atoms with E-state index in [9.17, 15) is 61.0 Å². The van der Waals surface area contributed by atoms with Crippen LogP contribution in [0.1, 0.15) is 322 Å². The van der Waals surface area contributed by atoms with Gasteiger partial charge in [-0.05, 0) is 96.3 Å². The number of carbonyl (C=O) groups excluding carboxylic acids is 1. The summed E-state index contributed by atoms with van der Waals surface area (Å²) in [6.07, 6.45) is 76.9. The third-order valence-corrected chi connectivity index (χ3v) is 21.5. The van der Waals surface area contributed by atoms with Crippen LogP contribution in [0.5, 0.6) is 0 Å². The van der Waals surface area contributed by atoms with Gasteiger partial charge in [0.15, 0.2) is 18.9 Å². The minimum absolute atomic E-state index is 0.218. The van der Waals surface area contributed by atoms with Crippen molar-refractivity contribution in [1.82, 2.24) is 5.32 Å². The number of carbonyl (C=O) groups is 1.